The van der Waals surface area contributed by atoms with Gasteiger partial charge in [-0.05, 0) is 56.5 Å². The van der Waals surface area contributed by atoms with Crippen LogP contribution in [0, 0.1) is 20.8 Å². The number of carbonyl (C=O) groups is 1. The van der Waals surface area contributed by atoms with E-state index >= 15 is 0 Å². The van der Waals surface area contributed by atoms with Crippen LogP contribution in [0.4, 0.5) is 0 Å². The van der Waals surface area contributed by atoms with Crippen molar-refractivity contribution in [2.24, 2.45) is 0 Å². The van der Waals surface area contributed by atoms with E-state index in [0.717, 1.165) is 16.7 Å². The second kappa shape index (κ2) is 8.97. The largest absolute Gasteiger partial charge is 0.483 e. The number of amides is 1. The molecule has 1 heterocycles. The van der Waals surface area contributed by atoms with Crippen LogP contribution >= 0.6 is 0 Å². The van der Waals surface area contributed by atoms with Gasteiger partial charge in [0.05, 0.1) is 4.90 Å². The second-order valence-corrected chi connectivity index (χ2v) is 9.45. The highest BCUT2D eigenvalue weighted by Crippen LogP contribution is 2.20. The Hall–Kier alpha value is -2.38. The van der Waals surface area contributed by atoms with Gasteiger partial charge in [0.1, 0.15) is 5.75 Å². The summed E-state index contributed by atoms with van der Waals surface area (Å²) in [6, 6.07) is 12.8. The average Bonchev–Trinajstić information content (AvgIpc) is 2.95. The van der Waals surface area contributed by atoms with E-state index in [-0.39, 0.29) is 19.1 Å². The molecule has 3 rings (SSSR count). The molecule has 1 saturated heterocycles. The Morgan fingerprint density at radius 2 is 1.62 bits per heavy atom. The first-order chi connectivity index (χ1) is 13.8. The zero-order valence-electron chi connectivity index (χ0n) is 17.2. The molecule has 1 aliphatic rings. The smallest absolute Gasteiger partial charge is 0.260 e. The van der Waals surface area contributed by atoms with Crippen LogP contribution in [0.2, 0.25) is 0 Å². The summed E-state index contributed by atoms with van der Waals surface area (Å²) in [6.45, 7) is 7.37. The number of ether oxygens (including phenoxy) is 1. The van der Waals surface area contributed by atoms with Crippen molar-refractivity contribution in [1.29, 1.82) is 0 Å². The van der Waals surface area contributed by atoms with E-state index in [1.165, 1.54) is 4.31 Å². The van der Waals surface area contributed by atoms with Crippen LogP contribution in [-0.4, -0.2) is 56.3 Å². The van der Waals surface area contributed by atoms with Gasteiger partial charge in [-0.25, -0.2) is 8.42 Å². The van der Waals surface area contributed by atoms with E-state index in [9.17, 15) is 13.2 Å². The van der Waals surface area contributed by atoms with Crippen molar-refractivity contribution in [2.75, 3.05) is 32.8 Å². The van der Waals surface area contributed by atoms with Gasteiger partial charge in [-0.3, -0.25) is 4.79 Å². The fourth-order valence-corrected chi connectivity index (χ4v) is 4.81. The summed E-state index contributed by atoms with van der Waals surface area (Å²) < 4.78 is 33.0. The van der Waals surface area contributed by atoms with Gasteiger partial charge in [0.2, 0.25) is 10.0 Å². The molecular weight excluding hydrogens is 388 g/mol. The average molecular weight is 417 g/mol. The Labute approximate surface area is 173 Å². The molecule has 0 spiro atoms. The van der Waals surface area contributed by atoms with Crippen molar-refractivity contribution in [2.45, 2.75) is 32.1 Å². The SMILES string of the molecule is Cc1ccc(S(=O)(=O)N2CCCN(C(=O)COc3cc(C)ccc3C)CC2)cc1. The van der Waals surface area contributed by atoms with Gasteiger partial charge in [0.15, 0.2) is 6.61 Å². The lowest BCUT2D eigenvalue weighted by Gasteiger charge is -2.22. The van der Waals surface area contributed by atoms with Gasteiger partial charge in [-0.1, -0.05) is 29.8 Å². The third kappa shape index (κ3) is 5.16. The lowest BCUT2D eigenvalue weighted by atomic mass is 10.1. The van der Waals surface area contributed by atoms with Gasteiger partial charge in [-0.2, -0.15) is 4.31 Å². The third-order valence-electron chi connectivity index (χ3n) is 5.16. The number of sulfonamides is 1. The molecule has 0 radical (unpaired) electrons. The predicted molar refractivity (Wildman–Crippen MR) is 113 cm³/mol. The Kier molecular flexibility index (Phi) is 6.59. The van der Waals surface area contributed by atoms with E-state index in [1.54, 1.807) is 29.2 Å². The molecule has 6 nitrogen and oxygen atoms in total. The molecule has 156 valence electrons. The molecular formula is C22H28N2O4S. The molecule has 2 aromatic carbocycles. The summed E-state index contributed by atoms with van der Waals surface area (Å²) in [5.74, 6) is 0.581. The lowest BCUT2D eigenvalue weighted by Crippen LogP contribution is -2.39. The molecule has 0 aliphatic carbocycles. The lowest BCUT2D eigenvalue weighted by molar-refractivity contribution is -0.133. The highest BCUT2D eigenvalue weighted by atomic mass is 32.2. The second-order valence-electron chi connectivity index (χ2n) is 7.51. The first kappa shape index (κ1) is 21.3. The number of benzene rings is 2. The molecule has 2 aromatic rings. The molecule has 0 aromatic heterocycles. The molecule has 7 heteroatoms. The van der Waals surface area contributed by atoms with E-state index in [1.807, 2.05) is 39.0 Å². The Balaban J connectivity index is 1.61. The standard InChI is InChI=1S/C22H28N2O4S/c1-17-6-9-20(10-7-17)29(26,27)24-12-4-11-23(13-14-24)22(25)16-28-21-15-18(2)5-8-19(21)3/h5-10,15H,4,11-14,16H2,1-3H3. The molecule has 29 heavy (non-hydrogen) atoms. The summed E-state index contributed by atoms with van der Waals surface area (Å²) in [4.78, 5) is 14.6. The van der Waals surface area contributed by atoms with Crippen LogP contribution in [0.1, 0.15) is 23.1 Å². The van der Waals surface area contributed by atoms with Crippen molar-refractivity contribution in [3.63, 3.8) is 0 Å². The molecule has 0 unspecified atom stereocenters. The van der Waals surface area contributed by atoms with Crippen LogP contribution in [0.25, 0.3) is 0 Å². The third-order valence-corrected chi connectivity index (χ3v) is 7.07. The summed E-state index contributed by atoms with van der Waals surface area (Å²) in [6.07, 6.45) is 0.598. The molecule has 0 N–H and O–H groups in total. The van der Waals surface area contributed by atoms with Crippen molar-refractivity contribution in [1.82, 2.24) is 9.21 Å². The minimum Gasteiger partial charge on any atom is -0.483 e. The maximum atomic E-state index is 12.9. The fraction of sp³-hybridized carbons (Fsp3) is 0.409. The highest BCUT2D eigenvalue weighted by Gasteiger charge is 2.28. The highest BCUT2D eigenvalue weighted by molar-refractivity contribution is 7.89. The quantitative estimate of drug-likeness (QED) is 0.752. The molecule has 0 atom stereocenters. The van der Waals surface area contributed by atoms with Gasteiger partial charge in [0, 0.05) is 26.2 Å². The number of carbonyl (C=O) groups excluding carboxylic acids is 1. The maximum absolute atomic E-state index is 12.9. The normalized spacial score (nSPS) is 15.8. The van der Waals surface area contributed by atoms with Crippen LogP contribution in [-0.2, 0) is 14.8 Å². The summed E-state index contributed by atoms with van der Waals surface area (Å²) in [5, 5.41) is 0. The van der Waals surface area contributed by atoms with Gasteiger partial charge < -0.3 is 9.64 Å². The van der Waals surface area contributed by atoms with Crippen LogP contribution in [0.3, 0.4) is 0 Å². The van der Waals surface area contributed by atoms with E-state index < -0.39 is 10.0 Å². The predicted octanol–water partition coefficient (Wildman–Crippen LogP) is 2.91. The monoisotopic (exact) mass is 416 g/mol. The number of nitrogens with zero attached hydrogens (tertiary/aromatic N) is 2. The summed E-state index contributed by atoms with van der Waals surface area (Å²) in [5.41, 5.74) is 3.07. The van der Waals surface area contributed by atoms with Gasteiger partial charge >= 0.3 is 0 Å². The zero-order valence-corrected chi connectivity index (χ0v) is 18.0. The van der Waals surface area contributed by atoms with E-state index in [0.29, 0.717) is 36.7 Å². The zero-order chi connectivity index (χ0) is 21.0. The van der Waals surface area contributed by atoms with Crippen LogP contribution in [0.5, 0.6) is 5.75 Å². The minimum absolute atomic E-state index is 0.0466. The molecule has 0 bridgehead atoms. The Morgan fingerprint density at radius 3 is 2.34 bits per heavy atom. The van der Waals surface area contributed by atoms with Crippen molar-refractivity contribution in [3.8, 4) is 5.75 Å². The number of hydrogen-bond acceptors (Lipinski definition) is 4. The first-order valence-corrected chi connectivity index (χ1v) is 11.3. The number of aryl methyl sites for hydroxylation is 3. The molecule has 1 amide bonds. The van der Waals surface area contributed by atoms with Crippen LogP contribution < -0.4 is 4.74 Å². The summed E-state index contributed by atoms with van der Waals surface area (Å²) in [7, 11) is -3.55. The molecule has 1 aliphatic heterocycles. The summed E-state index contributed by atoms with van der Waals surface area (Å²) >= 11 is 0. The fourth-order valence-electron chi connectivity index (χ4n) is 3.34. The maximum Gasteiger partial charge on any atom is 0.260 e. The number of rotatable bonds is 5. The topological polar surface area (TPSA) is 66.9 Å². The molecule has 0 saturated carbocycles. The number of hydrogen-bond donors (Lipinski definition) is 0. The van der Waals surface area contributed by atoms with Crippen molar-refractivity contribution in [3.05, 3.63) is 59.2 Å². The van der Waals surface area contributed by atoms with E-state index in [2.05, 4.69) is 0 Å². The Morgan fingerprint density at radius 1 is 0.931 bits per heavy atom. The Bertz CT molecular complexity index is 971. The van der Waals surface area contributed by atoms with Gasteiger partial charge in [-0.15, -0.1) is 0 Å². The van der Waals surface area contributed by atoms with Crippen molar-refractivity contribution >= 4 is 15.9 Å². The van der Waals surface area contributed by atoms with Crippen molar-refractivity contribution < 1.29 is 17.9 Å². The minimum atomic E-state index is -3.55. The molecule has 1 fully saturated rings. The van der Waals surface area contributed by atoms with E-state index in [4.69, 9.17) is 4.74 Å². The first-order valence-electron chi connectivity index (χ1n) is 9.82. The van der Waals surface area contributed by atoms with Gasteiger partial charge in [0.25, 0.3) is 5.91 Å². The van der Waals surface area contributed by atoms with Crippen LogP contribution in [0.15, 0.2) is 47.4 Å².